The Morgan fingerprint density at radius 1 is 1.08 bits per heavy atom. The zero-order valence-corrected chi connectivity index (χ0v) is 21.6. The van der Waals surface area contributed by atoms with Crippen LogP contribution in [0.4, 0.5) is 18.9 Å². The smallest absolute Gasteiger partial charge is 0.376 e. The number of rotatable bonds is 8. The van der Waals surface area contributed by atoms with Gasteiger partial charge in [0.15, 0.2) is 0 Å². The standard InChI is InChI=1S/C29H37F3N4O/c1-34-14-5-8-24(20-34)36(19-23-6-2-3-9-26(23)29(30,31)32)28(37)16-33-27-10-4-7-22-18-35(15-13-25(22)27)17-21-11-12-21/h2-4,6-7,9-10,21,24,33H,5,8,11-20H2,1H3. The van der Waals surface area contributed by atoms with Crippen molar-refractivity contribution in [2.45, 2.75) is 57.4 Å². The minimum absolute atomic E-state index is 0.0439. The van der Waals surface area contributed by atoms with Crippen molar-refractivity contribution in [1.82, 2.24) is 14.7 Å². The van der Waals surface area contributed by atoms with Gasteiger partial charge in [-0.15, -0.1) is 0 Å². The molecule has 1 saturated carbocycles. The number of hydrogen-bond donors (Lipinski definition) is 1. The van der Waals surface area contributed by atoms with Crippen LogP contribution in [-0.4, -0.2) is 66.4 Å². The fourth-order valence-corrected chi connectivity index (χ4v) is 5.86. The summed E-state index contributed by atoms with van der Waals surface area (Å²) in [5, 5.41) is 3.36. The molecule has 1 amide bonds. The second-order valence-corrected chi connectivity index (χ2v) is 11.0. The highest BCUT2D eigenvalue weighted by atomic mass is 19.4. The molecule has 3 aliphatic rings. The second kappa shape index (κ2) is 11.0. The van der Waals surface area contributed by atoms with E-state index < -0.39 is 11.7 Å². The lowest BCUT2D eigenvalue weighted by molar-refractivity contribution is -0.140. The molecule has 0 aromatic heterocycles. The highest BCUT2D eigenvalue weighted by Gasteiger charge is 2.35. The quantitative estimate of drug-likeness (QED) is 0.538. The van der Waals surface area contributed by atoms with E-state index in [4.69, 9.17) is 0 Å². The summed E-state index contributed by atoms with van der Waals surface area (Å²) in [6, 6.07) is 11.7. The van der Waals surface area contributed by atoms with Gasteiger partial charge >= 0.3 is 6.18 Å². The molecule has 1 aliphatic carbocycles. The lowest BCUT2D eigenvalue weighted by Crippen LogP contribution is -2.50. The van der Waals surface area contributed by atoms with Crippen molar-refractivity contribution in [3.8, 4) is 0 Å². The average molecular weight is 515 g/mol. The SMILES string of the molecule is CN1CCCC(N(Cc2ccccc2C(F)(F)F)C(=O)CNc2cccc3c2CCN(CC2CC2)C3)C1. The molecular formula is C29H37F3N4O. The number of carbonyl (C=O) groups excluding carboxylic acids is 1. The molecule has 2 aromatic rings. The van der Waals surface area contributed by atoms with Crippen molar-refractivity contribution < 1.29 is 18.0 Å². The van der Waals surface area contributed by atoms with Gasteiger partial charge in [-0.2, -0.15) is 13.2 Å². The molecule has 1 unspecified atom stereocenters. The number of piperidine rings is 1. The van der Waals surface area contributed by atoms with Crippen LogP contribution >= 0.6 is 0 Å². The van der Waals surface area contributed by atoms with Crippen LogP contribution in [0.3, 0.4) is 0 Å². The van der Waals surface area contributed by atoms with Crippen molar-refractivity contribution in [1.29, 1.82) is 0 Å². The number of amides is 1. The maximum atomic E-state index is 13.7. The van der Waals surface area contributed by atoms with Gasteiger partial charge in [-0.1, -0.05) is 30.3 Å². The zero-order chi connectivity index (χ0) is 26.0. The molecule has 1 N–H and O–H groups in total. The van der Waals surface area contributed by atoms with Gasteiger partial charge < -0.3 is 15.1 Å². The first-order valence-corrected chi connectivity index (χ1v) is 13.5. The molecule has 2 heterocycles. The highest BCUT2D eigenvalue weighted by Crippen LogP contribution is 2.34. The number of nitrogens with zero attached hydrogens (tertiary/aromatic N) is 3. The van der Waals surface area contributed by atoms with E-state index in [1.165, 1.54) is 42.6 Å². The van der Waals surface area contributed by atoms with E-state index in [0.717, 1.165) is 56.6 Å². The normalized spacial score (nSPS) is 20.9. The number of alkyl halides is 3. The molecule has 0 bridgehead atoms. The summed E-state index contributed by atoms with van der Waals surface area (Å²) in [4.78, 5) is 19.9. The third-order valence-electron chi connectivity index (χ3n) is 8.01. The van der Waals surface area contributed by atoms with Crippen LogP contribution in [0.25, 0.3) is 0 Å². The molecule has 8 heteroatoms. The lowest BCUT2D eigenvalue weighted by Gasteiger charge is -2.38. The monoisotopic (exact) mass is 514 g/mol. The Balaban J connectivity index is 1.31. The predicted molar refractivity (Wildman–Crippen MR) is 139 cm³/mol. The van der Waals surface area contributed by atoms with Crippen LogP contribution in [0, 0.1) is 5.92 Å². The maximum absolute atomic E-state index is 13.7. The van der Waals surface area contributed by atoms with Crippen LogP contribution < -0.4 is 5.32 Å². The van der Waals surface area contributed by atoms with E-state index in [9.17, 15) is 18.0 Å². The number of halogens is 3. The molecule has 2 aliphatic heterocycles. The van der Waals surface area contributed by atoms with Crippen molar-refractivity contribution in [3.63, 3.8) is 0 Å². The molecule has 1 atom stereocenters. The number of anilines is 1. The van der Waals surface area contributed by atoms with Crippen molar-refractivity contribution in [2.24, 2.45) is 5.92 Å². The third kappa shape index (κ3) is 6.47. The van der Waals surface area contributed by atoms with Crippen LogP contribution in [0.5, 0.6) is 0 Å². The van der Waals surface area contributed by atoms with Gasteiger partial charge in [-0.3, -0.25) is 9.69 Å². The van der Waals surface area contributed by atoms with E-state index in [0.29, 0.717) is 6.54 Å². The summed E-state index contributed by atoms with van der Waals surface area (Å²) in [6.07, 6.45) is 0.880. The molecule has 0 radical (unpaired) electrons. The van der Waals surface area contributed by atoms with Gasteiger partial charge in [0.05, 0.1) is 12.1 Å². The summed E-state index contributed by atoms with van der Waals surface area (Å²) >= 11 is 0. The molecule has 37 heavy (non-hydrogen) atoms. The summed E-state index contributed by atoms with van der Waals surface area (Å²) < 4.78 is 41.1. The van der Waals surface area contributed by atoms with Gasteiger partial charge in [-0.25, -0.2) is 0 Å². The lowest BCUT2D eigenvalue weighted by atomic mass is 9.97. The molecular weight excluding hydrogens is 477 g/mol. The number of fused-ring (bicyclic) bond motifs is 1. The van der Waals surface area contributed by atoms with Crippen LogP contribution in [0.15, 0.2) is 42.5 Å². The molecule has 200 valence electrons. The molecule has 1 saturated heterocycles. The second-order valence-electron chi connectivity index (χ2n) is 11.0. The molecule has 5 nitrogen and oxygen atoms in total. The Morgan fingerprint density at radius 3 is 2.65 bits per heavy atom. The topological polar surface area (TPSA) is 38.8 Å². The van der Waals surface area contributed by atoms with E-state index in [2.05, 4.69) is 21.2 Å². The number of hydrogen-bond acceptors (Lipinski definition) is 4. The number of benzene rings is 2. The Labute approximate surface area is 217 Å². The van der Waals surface area contributed by atoms with Gasteiger partial charge in [0.25, 0.3) is 0 Å². The number of carbonyl (C=O) groups is 1. The average Bonchev–Trinajstić information content (AvgIpc) is 3.69. The summed E-state index contributed by atoms with van der Waals surface area (Å²) in [5.74, 6) is 0.689. The van der Waals surface area contributed by atoms with Gasteiger partial charge in [0, 0.05) is 44.5 Å². The van der Waals surface area contributed by atoms with Crippen molar-refractivity contribution in [2.75, 3.05) is 45.1 Å². The minimum atomic E-state index is -4.45. The van der Waals surface area contributed by atoms with E-state index in [1.807, 2.05) is 19.2 Å². The maximum Gasteiger partial charge on any atom is 0.416 e. The van der Waals surface area contributed by atoms with Crippen LogP contribution in [-0.2, 0) is 30.5 Å². The van der Waals surface area contributed by atoms with Gasteiger partial charge in [0.2, 0.25) is 5.91 Å². The van der Waals surface area contributed by atoms with Crippen molar-refractivity contribution >= 4 is 11.6 Å². The zero-order valence-electron chi connectivity index (χ0n) is 21.6. The summed E-state index contributed by atoms with van der Waals surface area (Å²) in [6.45, 7) is 4.74. The van der Waals surface area contributed by atoms with Crippen molar-refractivity contribution in [3.05, 3.63) is 64.7 Å². The Hall–Kier alpha value is -2.58. The Kier molecular flexibility index (Phi) is 7.77. The first-order chi connectivity index (χ1) is 17.8. The molecule has 5 rings (SSSR count). The highest BCUT2D eigenvalue weighted by molar-refractivity contribution is 5.81. The first-order valence-electron chi connectivity index (χ1n) is 13.5. The Morgan fingerprint density at radius 2 is 1.89 bits per heavy atom. The molecule has 2 fully saturated rings. The van der Waals surface area contributed by atoms with Gasteiger partial charge in [0.1, 0.15) is 0 Å². The fourth-order valence-electron chi connectivity index (χ4n) is 5.86. The number of likely N-dealkylation sites (tertiary alicyclic amines) is 1. The largest absolute Gasteiger partial charge is 0.416 e. The third-order valence-corrected chi connectivity index (χ3v) is 8.01. The van der Waals surface area contributed by atoms with Crippen LogP contribution in [0.1, 0.15) is 47.9 Å². The molecule has 2 aromatic carbocycles. The van der Waals surface area contributed by atoms with E-state index >= 15 is 0 Å². The number of nitrogens with one attached hydrogen (secondary N) is 1. The summed E-state index contributed by atoms with van der Waals surface area (Å²) in [5.41, 5.74) is 3.00. The summed E-state index contributed by atoms with van der Waals surface area (Å²) in [7, 11) is 2.00. The molecule has 0 spiro atoms. The van der Waals surface area contributed by atoms with E-state index in [1.54, 1.807) is 11.0 Å². The van der Waals surface area contributed by atoms with Crippen LogP contribution in [0.2, 0.25) is 0 Å². The minimum Gasteiger partial charge on any atom is -0.376 e. The Bertz CT molecular complexity index is 1100. The van der Waals surface area contributed by atoms with Gasteiger partial charge in [-0.05, 0) is 80.4 Å². The predicted octanol–water partition coefficient (Wildman–Crippen LogP) is 5.01. The number of likely N-dealkylation sites (N-methyl/N-ethyl adjacent to an activating group) is 1. The van der Waals surface area contributed by atoms with E-state index in [-0.39, 0.29) is 30.6 Å². The first kappa shape index (κ1) is 26.0. The fraction of sp³-hybridized carbons (Fsp3) is 0.552.